The van der Waals surface area contributed by atoms with Gasteiger partial charge in [0.15, 0.2) is 6.29 Å². The second-order valence-corrected chi connectivity index (χ2v) is 2.92. The molecule has 2 bridgehead atoms. The third-order valence-electron chi connectivity index (χ3n) is 2.26. The average molecular weight is 159 g/mol. The number of hydrogen-bond donors (Lipinski definition) is 2. The maximum Gasteiger partial charge on any atom is 0.173 e. The van der Waals surface area contributed by atoms with Crippen molar-refractivity contribution in [2.75, 3.05) is 13.2 Å². The molecule has 0 aromatic rings. The Morgan fingerprint density at radius 2 is 2.55 bits per heavy atom. The molecule has 2 heterocycles. The van der Waals surface area contributed by atoms with Crippen molar-refractivity contribution in [2.24, 2.45) is 0 Å². The van der Waals surface area contributed by atoms with E-state index in [-0.39, 0.29) is 18.2 Å². The third kappa shape index (κ3) is 1.06. The Hall–Kier alpha value is -0.160. The zero-order chi connectivity index (χ0) is 7.84. The van der Waals surface area contributed by atoms with Crippen LogP contribution >= 0.6 is 0 Å². The van der Waals surface area contributed by atoms with Crippen LogP contribution in [0.3, 0.4) is 0 Å². The molecule has 2 fully saturated rings. The number of aliphatic hydroxyl groups excluding tert-OH is 1. The number of aliphatic hydroxyl groups is 1. The van der Waals surface area contributed by atoms with E-state index in [2.05, 4.69) is 5.32 Å². The number of hydrogen-bond acceptors (Lipinski definition) is 4. The predicted molar refractivity (Wildman–Crippen MR) is 38.1 cm³/mol. The summed E-state index contributed by atoms with van der Waals surface area (Å²) in [6.45, 7) is 3.42. The Bertz CT molecular complexity index is 153. The van der Waals surface area contributed by atoms with E-state index in [4.69, 9.17) is 9.47 Å². The summed E-state index contributed by atoms with van der Waals surface area (Å²) in [5.41, 5.74) is 0. The van der Waals surface area contributed by atoms with Crippen molar-refractivity contribution in [1.29, 1.82) is 0 Å². The molecule has 0 aromatic carbocycles. The summed E-state index contributed by atoms with van der Waals surface area (Å²) in [6.07, 6.45) is -0.574. The molecule has 11 heavy (non-hydrogen) atoms. The minimum absolute atomic E-state index is 0.0139. The zero-order valence-corrected chi connectivity index (χ0v) is 6.49. The van der Waals surface area contributed by atoms with Crippen molar-refractivity contribution < 1.29 is 14.6 Å². The van der Waals surface area contributed by atoms with Gasteiger partial charge in [-0.3, -0.25) is 0 Å². The first-order valence-electron chi connectivity index (χ1n) is 4.01. The summed E-state index contributed by atoms with van der Waals surface area (Å²) in [6, 6.07) is -0.0139. The maximum atomic E-state index is 9.25. The highest BCUT2D eigenvalue weighted by Gasteiger charge is 2.49. The summed E-state index contributed by atoms with van der Waals surface area (Å²) >= 11 is 0. The van der Waals surface area contributed by atoms with E-state index < -0.39 is 6.29 Å². The van der Waals surface area contributed by atoms with Gasteiger partial charge < -0.3 is 19.9 Å². The molecule has 2 aliphatic heterocycles. The van der Waals surface area contributed by atoms with Crippen LogP contribution in [0.25, 0.3) is 0 Å². The highest BCUT2D eigenvalue weighted by molar-refractivity contribution is 5.00. The molecule has 2 aliphatic rings. The van der Waals surface area contributed by atoms with Crippen LogP contribution in [-0.2, 0) is 9.47 Å². The van der Waals surface area contributed by atoms with E-state index in [0.717, 1.165) is 6.54 Å². The molecule has 0 spiro atoms. The summed E-state index contributed by atoms with van der Waals surface area (Å²) in [4.78, 5) is 0. The van der Waals surface area contributed by atoms with Gasteiger partial charge in [-0.1, -0.05) is 0 Å². The SMILES string of the molecule is CCO[C@@H]1[C@@H]2NC[C@H]1OC2O. The summed E-state index contributed by atoms with van der Waals surface area (Å²) in [5, 5.41) is 12.4. The molecule has 0 aliphatic carbocycles. The van der Waals surface area contributed by atoms with Gasteiger partial charge in [-0.25, -0.2) is 0 Å². The summed E-state index contributed by atoms with van der Waals surface area (Å²) in [5.74, 6) is 0. The van der Waals surface area contributed by atoms with Gasteiger partial charge in [0.2, 0.25) is 0 Å². The third-order valence-corrected chi connectivity index (χ3v) is 2.26. The molecule has 4 heteroatoms. The zero-order valence-electron chi connectivity index (χ0n) is 6.49. The van der Waals surface area contributed by atoms with Crippen LogP contribution in [0.2, 0.25) is 0 Å². The van der Waals surface area contributed by atoms with E-state index in [1.54, 1.807) is 0 Å². The van der Waals surface area contributed by atoms with Crippen molar-refractivity contribution in [3.05, 3.63) is 0 Å². The van der Waals surface area contributed by atoms with Gasteiger partial charge in [-0.15, -0.1) is 0 Å². The molecule has 0 saturated carbocycles. The molecule has 0 amide bonds. The maximum absolute atomic E-state index is 9.25. The Balaban J connectivity index is 2.01. The van der Waals surface area contributed by atoms with Gasteiger partial charge in [0.1, 0.15) is 12.2 Å². The minimum Gasteiger partial charge on any atom is -0.374 e. The second kappa shape index (κ2) is 2.71. The largest absolute Gasteiger partial charge is 0.374 e. The molecule has 2 N–H and O–H groups in total. The fourth-order valence-electron chi connectivity index (χ4n) is 1.77. The fourth-order valence-corrected chi connectivity index (χ4v) is 1.77. The van der Waals surface area contributed by atoms with Crippen molar-refractivity contribution >= 4 is 0 Å². The van der Waals surface area contributed by atoms with Crippen LogP contribution in [-0.4, -0.2) is 42.8 Å². The number of nitrogens with one attached hydrogen (secondary N) is 1. The van der Waals surface area contributed by atoms with E-state index in [9.17, 15) is 5.11 Å². The molecule has 2 saturated heterocycles. The van der Waals surface area contributed by atoms with Gasteiger partial charge in [-0.05, 0) is 6.92 Å². The van der Waals surface area contributed by atoms with Gasteiger partial charge >= 0.3 is 0 Å². The lowest BCUT2D eigenvalue weighted by molar-refractivity contribution is -0.118. The van der Waals surface area contributed by atoms with Crippen LogP contribution in [0.4, 0.5) is 0 Å². The molecule has 0 aromatic heterocycles. The molecule has 2 rings (SSSR count). The molecule has 4 nitrogen and oxygen atoms in total. The molecule has 0 radical (unpaired) electrons. The smallest absolute Gasteiger partial charge is 0.173 e. The first kappa shape index (κ1) is 7.49. The van der Waals surface area contributed by atoms with E-state index in [0.29, 0.717) is 6.61 Å². The van der Waals surface area contributed by atoms with Crippen LogP contribution in [0, 0.1) is 0 Å². The highest BCUT2D eigenvalue weighted by Crippen LogP contribution is 2.27. The number of morpholine rings is 1. The van der Waals surface area contributed by atoms with Crippen LogP contribution in [0.1, 0.15) is 6.92 Å². The molecular formula is C7H13NO3. The number of fused-ring (bicyclic) bond motifs is 2. The van der Waals surface area contributed by atoms with Crippen molar-refractivity contribution in [3.63, 3.8) is 0 Å². The molecular weight excluding hydrogens is 146 g/mol. The van der Waals surface area contributed by atoms with Gasteiger partial charge in [0.05, 0.1) is 6.04 Å². The summed E-state index contributed by atoms with van der Waals surface area (Å²) in [7, 11) is 0. The lowest BCUT2D eigenvalue weighted by Gasteiger charge is -2.16. The van der Waals surface area contributed by atoms with Crippen LogP contribution in [0.15, 0.2) is 0 Å². The van der Waals surface area contributed by atoms with Crippen molar-refractivity contribution in [1.82, 2.24) is 5.32 Å². The van der Waals surface area contributed by atoms with E-state index in [1.165, 1.54) is 0 Å². The van der Waals surface area contributed by atoms with Crippen molar-refractivity contribution in [3.8, 4) is 0 Å². The Labute approximate surface area is 65.5 Å². The van der Waals surface area contributed by atoms with E-state index >= 15 is 0 Å². The Kier molecular flexibility index (Phi) is 1.85. The van der Waals surface area contributed by atoms with Crippen LogP contribution < -0.4 is 5.32 Å². The van der Waals surface area contributed by atoms with Crippen molar-refractivity contribution in [2.45, 2.75) is 31.5 Å². The van der Waals surface area contributed by atoms with Gasteiger partial charge in [0.25, 0.3) is 0 Å². The highest BCUT2D eigenvalue weighted by atomic mass is 16.6. The van der Waals surface area contributed by atoms with Crippen LogP contribution in [0.5, 0.6) is 0 Å². The molecule has 4 atom stereocenters. The Morgan fingerprint density at radius 3 is 3.00 bits per heavy atom. The summed E-state index contributed by atoms with van der Waals surface area (Å²) < 4.78 is 10.6. The molecule has 1 unspecified atom stereocenters. The Morgan fingerprint density at radius 1 is 1.73 bits per heavy atom. The fraction of sp³-hybridized carbons (Fsp3) is 1.00. The number of rotatable bonds is 2. The molecule has 64 valence electrons. The topological polar surface area (TPSA) is 50.7 Å². The first-order chi connectivity index (χ1) is 5.33. The lowest BCUT2D eigenvalue weighted by Crippen LogP contribution is -2.40. The normalized spacial score (nSPS) is 48.5. The standard InChI is InChI=1S/C7H13NO3/c1-2-10-6-4-3-8-5(6)7(9)11-4/h4-9H,2-3H2,1H3/t4-,5+,6+,7?/m1/s1. The number of ether oxygens (including phenoxy) is 2. The lowest BCUT2D eigenvalue weighted by atomic mass is 10.2. The average Bonchev–Trinajstić information content (AvgIpc) is 2.46. The van der Waals surface area contributed by atoms with E-state index in [1.807, 2.05) is 6.92 Å². The van der Waals surface area contributed by atoms with Gasteiger partial charge in [-0.2, -0.15) is 0 Å². The van der Waals surface area contributed by atoms with Gasteiger partial charge in [0, 0.05) is 13.2 Å². The monoisotopic (exact) mass is 159 g/mol. The minimum atomic E-state index is -0.676. The second-order valence-electron chi connectivity index (χ2n) is 2.92. The quantitative estimate of drug-likeness (QED) is 0.547. The predicted octanol–water partition coefficient (Wildman–Crippen LogP) is -0.920. The first-order valence-corrected chi connectivity index (χ1v) is 4.01.